The van der Waals surface area contributed by atoms with E-state index < -0.39 is 0 Å². The molecule has 1 atom stereocenters. The van der Waals surface area contributed by atoms with Gasteiger partial charge in [0, 0.05) is 45.2 Å². The first-order valence-corrected chi connectivity index (χ1v) is 12.3. The molecule has 1 saturated heterocycles. The summed E-state index contributed by atoms with van der Waals surface area (Å²) in [6.45, 7) is 3.88. The predicted octanol–water partition coefficient (Wildman–Crippen LogP) is 3.94. The van der Waals surface area contributed by atoms with Crippen LogP contribution in [0.25, 0.3) is 5.69 Å². The van der Waals surface area contributed by atoms with Gasteiger partial charge in [0.1, 0.15) is 5.82 Å². The number of benzene rings is 2. The summed E-state index contributed by atoms with van der Waals surface area (Å²) in [7, 11) is 4.05. The van der Waals surface area contributed by atoms with Gasteiger partial charge in [-0.3, -0.25) is 9.36 Å². The highest BCUT2D eigenvalue weighted by Crippen LogP contribution is 2.23. The summed E-state index contributed by atoms with van der Waals surface area (Å²) < 4.78 is 7.82. The van der Waals surface area contributed by atoms with Crippen LogP contribution in [0.4, 0.5) is 5.69 Å². The lowest BCUT2D eigenvalue weighted by molar-refractivity contribution is -0.130. The topological polar surface area (TPSA) is 63.5 Å². The van der Waals surface area contributed by atoms with Gasteiger partial charge in [0.2, 0.25) is 5.91 Å². The zero-order chi connectivity index (χ0) is 23.2. The van der Waals surface area contributed by atoms with Gasteiger partial charge in [-0.25, -0.2) is 0 Å². The Labute approximate surface area is 199 Å². The lowest BCUT2D eigenvalue weighted by Gasteiger charge is -2.26. The molecule has 1 fully saturated rings. The highest BCUT2D eigenvalue weighted by Gasteiger charge is 2.24. The van der Waals surface area contributed by atoms with Crippen molar-refractivity contribution in [2.45, 2.75) is 37.6 Å². The third kappa shape index (κ3) is 5.94. The molecule has 4 rings (SSSR count). The SMILES string of the molecule is Cc1nnc(SCC(=O)N(Cc2ccc(N(C)C)cc2)C[C@@H]2CCCO2)n1-c1ccccc1. The maximum Gasteiger partial charge on any atom is 0.233 e. The highest BCUT2D eigenvalue weighted by atomic mass is 32.2. The zero-order valence-corrected chi connectivity index (χ0v) is 20.3. The number of para-hydroxylation sites is 1. The second kappa shape index (κ2) is 10.9. The van der Waals surface area contributed by atoms with Crippen LogP contribution < -0.4 is 4.90 Å². The molecule has 8 heteroatoms. The van der Waals surface area contributed by atoms with Crippen LogP contribution >= 0.6 is 11.8 Å². The lowest BCUT2D eigenvalue weighted by atomic mass is 10.1. The van der Waals surface area contributed by atoms with E-state index in [1.807, 2.05) is 60.8 Å². The quantitative estimate of drug-likeness (QED) is 0.446. The number of ether oxygens (including phenoxy) is 1. The molecular formula is C25H31N5O2S. The number of hydrogen-bond acceptors (Lipinski definition) is 6. The van der Waals surface area contributed by atoms with Crippen LogP contribution in [0.3, 0.4) is 0 Å². The zero-order valence-electron chi connectivity index (χ0n) is 19.5. The van der Waals surface area contributed by atoms with E-state index in [0.29, 0.717) is 18.8 Å². The third-order valence-electron chi connectivity index (χ3n) is 5.76. The molecule has 2 aromatic carbocycles. The standard InChI is InChI=1S/C25H31N5O2S/c1-19-26-27-25(30(19)22-8-5-4-6-9-22)33-18-24(31)29(17-23-10-7-15-32-23)16-20-11-13-21(14-12-20)28(2)3/h4-6,8-9,11-14,23H,7,10,15-18H2,1-3H3/t23-/m0/s1. The molecule has 1 amide bonds. The van der Waals surface area contributed by atoms with Crippen molar-refractivity contribution in [3.63, 3.8) is 0 Å². The summed E-state index contributed by atoms with van der Waals surface area (Å²) >= 11 is 1.42. The highest BCUT2D eigenvalue weighted by molar-refractivity contribution is 7.99. The average molecular weight is 466 g/mol. The molecule has 0 radical (unpaired) electrons. The van der Waals surface area contributed by atoms with Crippen molar-refractivity contribution < 1.29 is 9.53 Å². The van der Waals surface area contributed by atoms with E-state index >= 15 is 0 Å². The molecule has 7 nitrogen and oxygen atoms in total. The fourth-order valence-corrected chi connectivity index (χ4v) is 4.84. The van der Waals surface area contributed by atoms with Gasteiger partial charge in [0.05, 0.1) is 11.9 Å². The Hall–Kier alpha value is -2.84. The second-order valence-corrected chi connectivity index (χ2v) is 9.40. The van der Waals surface area contributed by atoms with Gasteiger partial charge < -0.3 is 14.5 Å². The molecule has 0 aliphatic carbocycles. The fourth-order valence-electron chi connectivity index (χ4n) is 3.94. The maximum atomic E-state index is 13.3. The summed E-state index contributed by atoms with van der Waals surface area (Å²) in [6, 6.07) is 18.3. The van der Waals surface area contributed by atoms with Crippen molar-refractivity contribution in [1.82, 2.24) is 19.7 Å². The fraction of sp³-hybridized carbons (Fsp3) is 0.400. The van der Waals surface area contributed by atoms with Crippen LogP contribution in [-0.4, -0.2) is 64.7 Å². The Morgan fingerprint density at radius 3 is 2.55 bits per heavy atom. The average Bonchev–Trinajstić information content (AvgIpc) is 3.47. The van der Waals surface area contributed by atoms with E-state index in [9.17, 15) is 4.79 Å². The van der Waals surface area contributed by atoms with Crippen molar-refractivity contribution >= 4 is 23.4 Å². The smallest absolute Gasteiger partial charge is 0.233 e. The number of rotatable bonds is 9. The second-order valence-electron chi connectivity index (χ2n) is 8.46. The van der Waals surface area contributed by atoms with Gasteiger partial charge in [0.15, 0.2) is 5.16 Å². The molecule has 0 N–H and O–H groups in total. The van der Waals surface area contributed by atoms with Crippen molar-refractivity contribution in [3.8, 4) is 5.69 Å². The first-order valence-electron chi connectivity index (χ1n) is 11.3. The van der Waals surface area contributed by atoms with Gasteiger partial charge in [-0.2, -0.15) is 0 Å². The minimum absolute atomic E-state index is 0.0763. The minimum Gasteiger partial charge on any atom is -0.378 e. The molecular weight excluding hydrogens is 434 g/mol. The maximum absolute atomic E-state index is 13.3. The van der Waals surface area contributed by atoms with Gasteiger partial charge in [0.25, 0.3) is 0 Å². The number of hydrogen-bond donors (Lipinski definition) is 0. The van der Waals surface area contributed by atoms with Crippen molar-refractivity contribution in [2.24, 2.45) is 0 Å². The molecule has 1 aromatic heterocycles. The van der Waals surface area contributed by atoms with E-state index in [1.54, 1.807) is 0 Å². The van der Waals surface area contributed by atoms with Crippen LogP contribution in [0.1, 0.15) is 24.2 Å². The van der Waals surface area contributed by atoms with E-state index in [4.69, 9.17) is 4.74 Å². The van der Waals surface area contributed by atoms with Crippen molar-refractivity contribution in [1.29, 1.82) is 0 Å². The molecule has 1 aliphatic heterocycles. The summed E-state index contributed by atoms with van der Waals surface area (Å²) in [4.78, 5) is 17.3. The summed E-state index contributed by atoms with van der Waals surface area (Å²) in [6.07, 6.45) is 2.16. The molecule has 33 heavy (non-hydrogen) atoms. The number of aromatic nitrogens is 3. The van der Waals surface area contributed by atoms with Crippen LogP contribution in [0.5, 0.6) is 0 Å². The van der Waals surface area contributed by atoms with Gasteiger partial charge in [-0.15, -0.1) is 10.2 Å². The number of aryl methyl sites for hydroxylation is 1. The Balaban J connectivity index is 1.46. The number of thioether (sulfide) groups is 1. The van der Waals surface area contributed by atoms with Gasteiger partial charge >= 0.3 is 0 Å². The lowest BCUT2D eigenvalue weighted by Crippen LogP contribution is -2.38. The van der Waals surface area contributed by atoms with Crippen LogP contribution in [-0.2, 0) is 16.1 Å². The van der Waals surface area contributed by atoms with Crippen LogP contribution in [0.15, 0.2) is 59.8 Å². The normalized spacial score (nSPS) is 15.5. The molecule has 0 bridgehead atoms. The van der Waals surface area contributed by atoms with E-state index in [0.717, 1.165) is 47.4 Å². The van der Waals surface area contributed by atoms with E-state index in [2.05, 4.69) is 39.4 Å². The monoisotopic (exact) mass is 465 g/mol. The van der Waals surface area contributed by atoms with E-state index in [1.165, 1.54) is 11.8 Å². The van der Waals surface area contributed by atoms with Crippen LogP contribution in [0.2, 0.25) is 0 Å². The molecule has 174 valence electrons. The molecule has 0 unspecified atom stereocenters. The Morgan fingerprint density at radius 1 is 1.12 bits per heavy atom. The van der Waals surface area contributed by atoms with Gasteiger partial charge in [-0.05, 0) is 49.6 Å². The Bertz CT molecular complexity index is 1050. The summed E-state index contributed by atoms with van der Waals surface area (Å²) in [5.74, 6) is 1.17. The Morgan fingerprint density at radius 2 is 1.88 bits per heavy atom. The summed E-state index contributed by atoms with van der Waals surface area (Å²) in [5.41, 5.74) is 3.24. The number of carbonyl (C=O) groups is 1. The summed E-state index contributed by atoms with van der Waals surface area (Å²) in [5, 5.41) is 9.27. The van der Waals surface area contributed by atoms with Crippen LogP contribution in [0, 0.1) is 6.92 Å². The number of anilines is 1. The van der Waals surface area contributed by atoms with Crippen molar-refractivity contribution in [3.05, 3.63) is 66.0 Å². The van der Waals surface area contributed by atoms with Gasteiger partial charge in [-0.1, -0.05) is 42.1 Å². The minimum atomic E-state index is 0.0763. The first kappa shape index (κ1) is 23.3. The molecule has 2 heterocycles. The molecule has 3 aromatic rings. The Kier molecular flexibility index (Phi) is 7.67. The first-order chi connectivity index (χ1) is 16.0. The number of nitrogens with zero attached hydrogens (tertiary/aromatic N) is 5. The van der Waals surface area contributed by atoms with E-state index in [-0.39, 0.29) is 12.0 Å². The molecule has 1 aliphatic rings. The molecule has 0 saturated carbocycles. The number of amides is 1. The molecule has 0 spiro atoms. The largest absolute Gasteiger partial charge is 0.378 e. The van der Waals surface area contributed by atoms with Crippen molar-refractivity contribution in [2.75, 3.05) is 37.9 Å². The predicted molar refractivity (Wildman–Crippen MR) is 132 cm³/mol. The third-order valence-corrected chi connectivity index (χ3v) is 6.67. The number of carbonyl (C=O) groups excluding carboxylic acids is 1.